The molecule has 0 atom stereocenters. The summed E-state index contributed by atoms with van der Waals surface area (Å²) in [5, 5.41) is 0. The zero-order chi connectivity index (χ0) is 12.1. The standard InChI is InChI=1S/C13H13FN2O/c14-12-4-2-1-3-11(12)9-17-8-10-5-6-16-13(15)7-10/h1-7H,8-9H2,(H2,15,16). The molecule has 0 saturated heterocycles. The van der Waals surface area contributed by atoms with Crippen LogP contribution in [0, 0.1) is 5.82 Å². The van der Waals surface area contributed by atoms with Crippen LogP contribution in [-0.2, 0) is 18.0 Å². The van der Waals surface area contributed by atoms with E-state index in [-0.39, 0.29) is 12.4 Å². The zero-order valence-corrected chi connectivity index (χ0v) is 9.27. The number of anilines is 1. The molecule has 0 unspecified atom stereocenters. The van der Waals surface area contributed by atoms with Gasteiger partial charge in [0.15, 0.2) is 0 Å². The fourth-order valence-corrected chi connectivity index (χ4v) is 1.48. The third-order valence-electron chi connectivity index (χ3n) is 2.33. The molecule has 2 rings (SSSR count). The second-order valence-electron chi connectivity index (χ2n) is 3.67. The van der Waals surface area contributed by atoms with Crippen molar-refractivity contribution in [2.45, 2.75) is 13.2 Å². The SMILES string of the molecule is Nc1cc(COCc2ccccc2F)ccn1. The van der Waals surface area contributed by atoms with E-state index in [0.29, 0.717) is 18.0 Å². The summed E-state index contributed by atoms with van der Waals surface area (Å²) < 4.78 is 18.7. The maximum Gasteiger partial charge on any atom is 0.128 e. The van der Waals surface area contributed by atoms with Crippen LogP contribution in [-0.4, -0.2) is 4.98 Å². The molecule has 0 aliphatic rings. The van der Waals surface area contributed by atoms with E-state index < -0.39 is 0 Å². The van der Waals surface area contributed by atoms with Crippen LogP contribution >= 0.6 is 0 Å². The number of aromatic nitrogens is 1. The van der Waals surface area contributed by atoms with Gasteiger partial charge in [-0.25, -0.2) is 9.37 Å². The summed E-state index contributed by atoms with van der Waals surface area (Å²) in [7, 11) is 0. The molecule has 2 N–H and O–H groups in total. The Bertz CT molecular complexity index is 502. The van der Waals surface area contributed by atoms with Crippen molar-refractivity contribution in [3.8, 4) is 0 Å². The Morgan fingerprint density at radius 1 is 1.18 bits per heavy atom. The molecule has 0 aliphatic heterocycles. The highest BCUT2D eigenvalue weighted by molar-refractivity contribution is 5.31. The predicted molar refractivity (Wildman–Crippen MR) is 63.5 cm³/mol. The van der Waals surface area contributed by atoms with Crippen LogP contribution in [0.15, 0.2) is 42.6 Å². The maximum absolute atomic E-state index is 13.3. The highest BCUT2D eigenvalue weighted by Crippen LogP contribution is 2.10. The number of hydrogen-bond acceptors (Lipinski definition) is 3. The summed E-state index contributed by atoms with van der Waals surface area (Å²) in [4.78, 5) is 3.88. The maximum atomic E-state index is 13.3. The van der Waals surface area contributed by atoms with Gasteiger partial charge in [0.2, 0.25) is 0 Å². The van der Waals surface area contributed by atoms with Crippen LogP contribution in [0.1, 0.15) is 11.1 Å². The van der Waals surface area contributed by atoms with Crippen molar-refractivity contribution in [3.63, 3.8) is 0 Å². The molecule has 0 fully saturated rings. The second kappa shape index (κ2) is 5.41. The highest BCUT2D eigenvalue weighted by atomic mass is 19.1. The molecule has 0 spiro atoms. The molecular formula is C13H13FN2O. The summed E-state index contributed by atoms with van der Waals surface area (Å²) in [5.41, 5.74) is 7.01. The van der Waals surface area contributed by atoms with Crippen molar-refractivity contribution in [2.75, 3.05) is 5.73 Å². The van der Waals surface area contributed by atoms with Crippen molar-refractivity contribution < 1.29 is 9.13 Å². The largest absolute Gasteiger partial charge is 0.384 e. The molecular weight excluding hydrogens is 219 g/mol. The number of ether oxygens (including phenoxy) is 1. The number of benzene rings is 1. The van der Waals surface area contributed by atoms with Crippen molar-refractivity contribution in [3.05, 3.63) is 59.5 Å². The third-order valence-corrected chi connectivity index (χ3v) is 2.33. The molecule has 0 aliphatic carbocycles. The quantitative estimate of drug-likeness (QED) is 0.881. The first-order valence-corrected chi connectivity index (χ1v) is 5.27. The van der Waals surface area contributed by atoms with Gasteiger partial charge in [0.25, 0.3) is 0 Å². The van der Waals surface area contributed by atoms with E-state index in [1.165, 1.54) is 6.07 Å². The Morgan fingerprint density at radius 3 is 2.76 bits per heavy atom. The smallest absolute Gasteiger partial charge is 0.128 e. The van der Waals surface area contributed by atoms with Crippen LogP contribution in [0.2, 0.25) is 0 Å². The van der Waals surface area contributed by atoms with Crippen LogP contribution in [0.25, 0.3) is 0 Å². The topological polar surface area (TPSA) is 48.1 Å². The molecule has 1 aromatic carbocycles. The molecule has 88 valence electrons. The van der Waals surface area contributed by atoms with E-state index in [1.54, 1.807) is 30.5 Å². The van der Waals surface area contributed by atoms with Crippen molar-refractivity contribution in [2.24, 2.45) is 0 Å². The van der Waals surface area contributed by atoms with E-state index in [1.807, 2.05) is 6.07 Å². The molecule has 0 bridgehead atoms. The number of rotatable bonds is 4. The summed E-state index contributed by atoms with van der Waals surface area (Å²) in [6.45, 7) is 0.635. The van der Waals surface area contributed by atoms with E-state index >= 15 is 0 Å². The van der Waals surface area contributed by atoms with Gasteiger partial charge in [-0.15, -0.1) is 0 Å². The normalized spacial score (nSPS) is 10.4. The number of nitrogens with two attached hydrogens (primary N) is 1. The lowest BCUT2D eigenvalue weighted by atomic mass is 10.2. The average molecular weight is 232 g/mol. The molecule has 0 saturated carbocycles. The zero-order valence-electron chi connectivity index (χ0n) is 9.27. The van der Waals surface area contributed by atoms with E-state index in [4.69, 9.17) is 10.5 Å². The van der Waals surface area contributed by atoms with Gasteiger partial charge < -0.3 is 10.5 Å². The molecule has 2 aromatic rings. The molecule has 0 radical (unpaired) electrons. The molecule has 4 heteroatoms. The van der Waals surface area contributed by atoms with Crippen LogP contribution in [0.5, 0.6) is 0 Å². The van der Waals surface area contributed by atoms with Gasteiger partial charge in [-0.1, -0.05) is 18.2 Å². The summed E-state index contributed by atoms with van der Waals surface area (Å²) in [6, 6.07) is 10.1. The van der Waals surface area contributed by atoms with Gasteiger partial charge in [0.05, 0.1) is 13.2 Å². The number of halogens is 1. The van der Waals surface area contributed by atoms with E-state index in [0.717, 1.165) is 5.56 Å². The molecule has 17 heavy (non-hydrogen) atoms. The minimum absolute atomic E-state index is 0.245. The summed E-state index contributed by atoms with van der Waals surface area (Å²) in [5.74, 6) is 0.207. The minimum atomic E-state index is -0.248. The number of nitrogen functional groups attached to an aromatic ring is 1. The molecule has 3 nitrogen and oxygen atoms in total. The van der Waals surface area contributed by atoms with Gasteiger partial charge in [-0.05, 0) is 23.8 Å². The van der Waals surface area contributed by atoms with Crippen molar-refractivity contribution in [1.29, 1.82) is 0 Å². The van der Waals surface area contributed by atoms with E-state index in [9.17, 15) is 4.39 Å². The minimum Gasteiger partial charge on any atom is -0.384 e. The number of pyridine rings is 1. The van der Waals surface area contributed by atoms with Gasteiger partial charge >= 0.3 is 0 Å². The van der Waals surface area contributed by atoms with Crippen LogP contribution in [0.3, 0.4) is 0 Å². The lowest BCUT2D eigenvalue weighted by Crippen LogP contribution is -1.98. The molecule has 1 aromatic heterocycles. The van der Waals surface area contributed by atoms with Crippen LogP contribution < -0.4 is 5.73 Å². The lowest BCUT2D eigenvalue weighted by Gasteiger charge is -2.05. The van der Waals surface area contributed by atoms with E-state index in [2.05, 4.69) is 4.98 Å². The first kappa shape index (κ1) is 11.5. The van der Waals surface area contributed by atoms with Crippen molar-refractivity contribution >= 4 is 5.82 Å². The Labute approximate surface area is 99.1 Å². The Kier molecular flexibility index (Phi) is 3.67. The first-order valence-electron chi connectivity index (χ1n) is 5.27. The van der Waals surface area contributed by atoms with Gasteiger partial charge in [0.1, 0.15) is 11.6 Å². The second-order valence-corrected chi connectivity index (χ2v) is 3.67. The van der Waals surface area contributed by atoms with Crippen molar-refractivity contribution in [1.82, 2.24) is 4.98 Å². The highest BCUT2D eigenvalue weighted by Gasteiger charge is 2.01. The van der Waals surface area contributed by atoms with Gasteiger partial charge in [-0.2, -0.15) is 0 Å². The molecule has 0 amide bonds. The summed E-state index contributed by atoms with van der Waals surface area (Å²) in [6.07, 6.45) is 1.62. The first-order chi connectivity index (χ1) is 8.25. The number of nitrogens with zero attached hydrogens (tertiary/aromatic N) is 1. The molecule has 1 heterocycles. The average Bonchev–Trinajstić information content (AvgIpc) is 2.32. The Hall–Kier alpha value is -1.94. The van der Waals surface area contributed by atoms with Crippen LogP contribution in [0.4, 0.5) is 10.2 Å². The predicted octanol–water partition coefficient (Wildman–Crippen LogP) is 2.52. The summed E-state index contributed by atoms with van der Waals surface area (Å²) >= 11 is 0. The Morgan fingerprint density at radius 2 is 2.00 bits per heavy atom. The number of hydrogen-bond donors (Lipinski definition) is 1. The lowest BCUT2D eigenvalue weighted by molar-refractivity contribution is 0.105. The third kappa shape index (κ3) is 3.26. The Balaban J connectivity index is 1.90. The fraction of sp³-hybridized carbons (Fsp3) is 0.154. The fourth-order valence-electron chi connectivity index (χ4n) is 1.48. The van der Waals surface area contributed by atoms with Gasteiger partial charge in [-0.3, -0.25) is 0 Å². The van der Waals surface area contributed by atoms with Gasteiger partial charge in [0, 0.05) is 11.8 Å². The monoisotopic (exact) mass is 232 g/mol.